The van der Waals surface area contributed by atoms with Crippen LogP contribution in [0.3, 0.4) is 0 Å². The summed E-state index contributed by atoms with van der Waals surface area (Å²) in [5, 5.41) is 4.43. The molecule has 0 radical (unpaired) electrons. The van der Waals surface area contributed by atoms with Crippen LogP contribution in [0.4, 0.5) is 11.4 Å². The highest BCUT2D eigenvalue weighted by Gasteiger charge is 2.43. The number of aromatic nitrogens is 1. The van der Waals surface area contributed by atoms with Gasteiger partial charge in [0.05, 0.1) is 30.8 Å². The first-order valence-electron chi connectivity index (χ1n) is 11.7. The lowest BCUT2D eigenvalue weighted by Gasteiger charge is -2.27. The van der Waals surface area contributed by atoms with Crippen LogP contribution >= 0.6 is 23.8 Å². The molecule has 38 heavy (non-hydrogen) atoms. The number of sulfonamides is 1. The molecule has 0 spiro atoms. The minimum atomic E-state index is -3.55. The maximum Gasteiger partial charge on any atom is 0.229 e. The molecule has 0 saturated carbocycles. The molecule has 0 aliphatic carbocycles. The number of halogens is 1. The van der Waals surface area contributed by atoms with Crippen LogP contribution in [0.15, 0.2) is 77.3 Å². The Labute approximate surface area is 231 Å². The smallest absolute Gasteiger partial charge is 0.229 e. The van der Waals surface area contributed by atoms with E-state index in [1.807, 2.05) is 66.4 Å². The van der Waals surface area contributed by atoms with Gasteiger partial charge in [0, 0.05) is 22.5 Å². The van der Waals surface area contributed by atoms with E-state index in [9.17, 15) is 8.42 Å². The first-order chi connectivity index (χ1) is 18.1. The molecule has 8 nitrogen and oxygen atoms in total. The Morgan fingerprint density at radius 3 is 2.66 bits per heavy atom. The number of hydrogen-bond acceptors (Lipinski definition) is 6. The summed E-state index contributed by atoms with van der Waals surface area (Å²) in [7, 11) is -2.08. The first-order valence-corrected chi connectivity index (χ1v) is 14.3. The summed E-state index contributed by atoms with van der Waals surface area (Å²) in [6.45, 7) is 2.00. The molecule has 1 aliphatic heterocycles. The van der Waals surface area contributed by atoms with Crippen LogP contribution in [0.1, 0.15) is 29.1 Å². The van der Waals surface area contributed by atoms with Crippen LogP contribution in [0, 0.1) is 6.92 Å². The summed E-state index contributed by atoms with van der Waals surface area (Å²) in [6, 6.07) is 19.6. The van der Waals surface area contributed by atoms with E-state index < -0.39 is 16.1 Å². The molecule has 2 aromatic heterocycles. The lowest BCUT2D eigenvalue weighted by Crippen LogP contribution is -2.29. The molecular weight excluding hydrogens is 544 g/mol. The Morgan fingerprint density at radius 1 is 1.13 bits per heavy atom. The fourth-order valence-corrected chi connectivity index (χ4v) is 5.64. The van der Waals surface area contributed by atoms with Crippen molar-refractivity contribution in [3.05, 3.63) is 95.0 Å². The second-order valence-corrected chi connectivity index (χ2v) is 11.5. The second kappa shape index (κ2) is 10.3. The van der Waals surface area contributed by atoms with E-state index in [-0.39, 0.29) is 6.04 Å². The van der Waals surface area contributed by atoms with Gasteiger partial charge in [0.25, 0.3) is 0 Å². The van der Waals surface area contributed by atoms with Crippen LogP contribution in [-0.4, -0.2) is 31.9 Å². The predicted octanol–water partition coefficient (Wildman–Crippen LogP) is 5.86. The molecule has 5 rings (SSSR count). The summed E-state index contributed by atoms with van der Waals surface area (Å²) in [5.74, 6) is 1.70. The number of benzene rings is 2. The Bertz CT molecular complexity index is 1610. The van der Waals surface area contributed by atoms with Gasteiger partial charge < -0.3 is 19.4 Å². The molecule has 196 valence electrons. The quantitative estimate of drug-likeness (QED) is 0.268. The van der Waals surface area contributed by atoms with Crippen LogP contribution in [0.2, 0.25) is 5.02 Å². The second-order valence-electron chi connectivity index (χ2n) is 8.92. The number of furan rings is 1. The highest BCUT2D eigenvalue weighted by atomic mass is 35.5. The normalized spacial score (nSPS) is 17.4. The summed E-state index contributed by atoms with van der Waals surface area (Å²) >= 11 is 12.1. The molecular formula is C27H25ClN4O4S2. The summed E-state index contributed by atoms with van der Waals surface area (Å²) < 4.78 is 38.4. The fourth-order valence-electron chi connectivity index (χ4n) is 4.56. The van der Waals surface area contributed by atoms with E-state index in [1.54, 1.807) is 18.3 Å². The number of nitrogens with one attached hydrogen (secondary N) is 2. The van der Waals surface area contributed by atoms with Crippen molar-refractivity contribution in [3.63, 3.8) is 0 Å². The molecule has 2 atom stereocenters. The van der Waals surface area contributed by atoms with Crippen molar-refractivity contribution in [1.82, 2.24) is 10.3 Å². The molecule has 1 aliphatic rings. The number of nitrogens with zero attached hydrogens (tertiary/aromatic N) is 2. The van der Waals surface area contributed by atoms with Gasteiger partial charge in [-0.05, 0) is 79.3 Å². The number of methoxy groups -OCH3 is 1. The maximum atomic E-state index is 12.0. The average molecular weight is 569 g/mol. The van der Waals surface area contributed by atoms with Gasteiger partial charge >= 0.3 is 0 Å². The summed E-state index contributed by atoms with van der Waals surface area (Å²) in [6.07, 6.45) is 2.81. The van der Waals surface area contributed by atoms with Crippen LogP contribution in [0.25, 0.3) is 11.3 Å². The molecule has 3 heterocycles. The largest absolute Gasteiger partial charge is 0.495 e. The monoisotopic (exact) mass is 568 g/mol. The van der Waals surface area contributed by atoms with Crippen molar-refractivity contribution in [2.75, 3.05) is 23.0 Å². The Balaban J connectivity index is 1.63. The molecule has 2 unspecified atom stereocenters. The van der Waals surface area contributed by atoms with E-state index >= 15 is 0 Å². The zero-order valence-corrected chi connectivity index (χ0v) is 23.2. The summed E-state index contributed by atoms with van der Waals surface area (Å²) in [4.78, 5) is 6.46. The number of pyridine rings is 1. The van der Waals surface area contributed by atoms with E-state index in [2.05, 4.69) is 15.0 Å². The topological polar surface area (TPSA) is 96.7 Å². The molecule has 1 saturated heterocycles. The third-order valence-electron chi connectivity index (χ3n) is 6.24. The van der Waals surface area contributed by atoms with Gasteiger partial charge in [0.2, 0.25) is 10.0 Å². The number of thiocarbonyl (C=S) groups is 1. The van der Waals surface area contributed by atoms with Crippen molar-refractivity contribution >= 4 is 50.3 Å². The summed E-state index contributed by atoms with van der Waals surface area (Å²) in [5.41, 5.74) is 3.64. The van der Waals surface area contributed by atoms with Crippen LogP contribution in [-0.2, 0) is 10.0 Å². The number of ether oxygens (including phenoxy) is 1. The lowest BCUT2D eigenvalue weighted by atomic mass is 10.0. The Morgan fingerprint density at radius 2 is 1.95 bits per heavy atom. The number of rotatable bonds is 7. The third kappa shape index (κ3) is 5.20. The van der Waals surface area contributed by atoms with Crippen molar-refractivity contribution in [3.8, 4) is 17.1 Å². The average Bonchev–Trinajstić information content (AvgIpc) is 3.49. The molecule has 2 aromatic carbocycles. The lowest BCUT2D eigenvalue weighted by molar-refractivity contribution is 0.416. The van der Waals surface area contributed by atoms with Gasteiger partial charge in [0.1, 0.15) is 23.3 Å². The SMILES string of the molecule is COc1ccc(N2C(=S)NC(c3ccccn3)C2c2ccc(-c3cc(Cl)ccc3C)o2)cc1NS(C)(=O)=O. The van der Waals surface area contributed by atoms with Gasteiger partial charge in [-0.2, -0.15) is 0 Å². The van der Waals surface area contributed by atoms with Crippen molar-refractivity contribution in [2.24, 2.45) is 0 Å². The minimum Gasteiger partial charge on any atom is -0.495 e. The van der Waals surface area contributed by atoms with E-state index in [0.29, 0.717) is 38.8 Å². The fraction of sp³-hybridized carbons (Fsp3) is 0.185. The zero-order chi connectivity index (χ0) is 27.0. The number of hydrogen-bond donors (Lipinski definition) is 2. The highest BCUT2D eigenvalue weighted by Crippen LogP contribution is 2.44. The van der Waals surface area contributed by atoms with Crippen molar-refractivity contribution in [2.45, 2.75) is 19.0 Å². The molecule has 4 aromatic rings. The number of anilines is 2. The molecule has 11 heteroatoms. The zero-order valence-electron chi connectivity index (χ0n) is 20.8. The molecule has 1 fully saturated rings. The molecule has 2 N–H and O–H groups in total. The standard InChI is InChI=1S/C27H25ClN4O4S2/c1-16-7-8-17(28)14-19(16)22-11-12-24(36-22)26-25(20-6-4-5-13-29-20)30-27(37)32(26)18-9-10-23(35-2)21(15-18)31-38(3,33)34/h4-15,25-26,31H,1-3H3,(H,30,37). The third-order valence-corrected chi connectivity index (χ3v) is 7.38. The minimum absolute atomic E-state index is 0.296. The van der Waals surface area contributed by atoms with Gasteiger partial charge in [-0.3, -0.25) is 9.71 Å². The van der Waals surface area contributed by atoms with Gasteiger partial charge in [0.15, 0.2) is 5.11 Å². The van der Waals surface area contributed by atoms with Gasteiger partial charge in [-0.25, -0.2) is 8.42 Å². The first kappa shape index (κ1) is 26.0. The van der Waals surface area contributed by atoms with Crippen molar-refractivity contribution in [1.29, 1.82) is 0 Å². The van der Waals surface area contributed by atoms with E-state index in [1.165, 1.54) is 7.11 Å². The van der Waals surface area contributed by atoms with Gasteiger partial charge in [-0.1, -0.05) is 23.7 Å². The molecule has 0 amide bonds. The van der Waals surface area contributed by atoms with Crippen molar-refractivity contribution < 1.29 is 17.6 Å². The predicted molar refractivity (Wildman–Crippen MR) is 153 cm³/mol. The maximum absolute atomic E-state index is 12.0. The highest BCUT2D eigenvalue weighted by molar-refractivity contribution is 7.92. The van der Waals surface area contributed by atoms with Crippen LogP contribution < -0.4 is 19.7 Å². The number of aryl methyl sites for hydroxylation is 1. The van der Waals surface area contributed by atoms with E-state index in [0.717, 1.165) is 23.1 Å². The molecule has 0 bridgehead atoms. The Kier molecular flexibility index (Phi) is 7.04. The van der Waals surface area contributed by atoms with Crippen LogP contribution in [0.5, 0.6) is 5.75 Å². The van der Waals surface area contributed by atoms with E-state index in [4.69, 9.17) is 33.0 Å². The Hall–Kier alpha value is -3.60. The van der Waals surface area contributed by atoms with Gasteiger partial charge in [-0.15, -0.1) is 0 Å².